The van der Waals surface area contributed by atoms with Crippen LogP contribution in [0.5, 0.6) is 5.75 Å². The maximum absolute atomic E-state index is 15.4. The molecule has 2 fully saturated rings. The number of carbonyl (C=O) groups excluding carboxylic acids is 2. The molecule has 1 unspecified atom stereocenters. The van der Waals surface area contributed by atoms with Crippen LogP contribution in [-0.2, 0) is 28.3 Å². The first kappa shape index (κ1) is 38.8. The van der Waals surface area contributed by atoms with Crippen molar-refractivity contribution in [1.82, 2.24) is 19.7 Å². The number of piperidine rings is 1. The van der Waals surface area contributed by atoms with Gasteiger partial charge in [0, 0.05) is 55.1 Å². The molecule has 0 saturated carbocycles. The van der Waals surface area contributed by atoms with Crippen LogP contribution in [0.1, 0.15) is 82.9 Å². The lowest BCUT2D eigenvalue weighted by Crippen LogP contribution is -2.68. The minimum absolute atomic E-state index is 0.000460. The van der Waals surface area contributed by atoms with Gasteiger partial charge in [-0.3, -0.25) is 19.5 Å². The highest BCUT2D eigenvalue weighted by Crippen LogP contribution is 2.46. The zero-order valence-corrected chi connectivity index (χ0v) is 30.8. The van der Waals surface area contributed by atoms with Gasteiger partial charge in [0.1, 0.15) is 16.3 Å². The van der Waals surface area contributed by atoms with Crippen molar-refractivity contribution in [2.75, 3.05) is 45.9 Å². The lowest BCUT2D eigenvalue weighted by atomic mass is 9.79. The highest BCUT2D eigenvalue weighted by Gasteiger charge is 2.57. The van der Waals surface area contributed by atoms with E-state index in [4.69, 9.17) is 21.1 Å². The summed E-state index contributed by atoms with van der Waals surface area (Å²) in [5, 5.41) is 1.18. The van der Waals surface area contributed by atoms with Crippen LogP contribution < -0.4 is 4.74 Å². The summed E-state index contributed by atoms with van der Waals surface area (Å²) in [6, 6.07) is 2.97. The predicted molar refractivity (Wildman–Crippen MR) is 185 cm³/mol. The lowest BCUT2D eigenvalue weighted by molar-refractivity contribution is -0.162. The topological polar surface area (TPSA) is 75.2 Å². The molecule has 3 aromatic heterocycles. The molecule has 8 nitrogen and oxygen atoms in total. The minimum Gasteiger partial charge on any atom is -0.474 e. The first-order valence-electron chi connectivity index (χ1n) is 17.3. The van der Waals surface area contributed by atoms with Crippen LogP contribution in [0.3, 0.4) is 0 Å². The first-order valence-corrected chi connectivity index (χ1v) is 19.4. The van der Waals surface area contributed by atoms with E-state index in [0.29, 0.717) is 48.1 Å². The number of pyridine rings is 1. The van der Waals surface area contributed by atoms with Gasteiger partial charge in [-0.25, -0.2) is 0 Å². The number of hydrogen-bond acceptors (Lipinski definition) is 8. The number of carbonyl (C=O) groups is 2. The maximum atomic E-state index is 15.4. The maximum Gasteiger partial charge on any atom is 0.425 e. The van der Waals surface area contributed by atoms with Crippen LogP contribution in [0, 0.1) is 0 Å². The highest BCUT2D eigenvalue weighted by atomic mass is 35.5. The Balaban J connectivity index is 1.41. The fourth-order valence-corrected chi connectivity index (χ4v) is 9.64. The summed E-state index contributed by atoms with van der Waals surface area (Å²) in [6.07, 6.45) is -6.00. The molecule has 17 heteroatoms. The third kappa shape index (κ3) is 8.10. The molecule has 0 aromatic carbocycles. The first-order chi connectivity index (χ1) is 24.7. The van der Waals surface area contributed by atoms with Crippen molar-refractivity contribution in [1.29, 1.82) is 0 Å². The van der Waals surface area contributed by atoms with Crippen LogP contribution in [0.2, 0.25) is 4.34 Å². The molecule has 6 heterocycles. The Kier molecular flexibility index (Phi) is 11.8. The smallest absolute Gasteiger partial charge is 0.425 e. The van der Waals surface area contributed by atoms with E-state index < -0.39 is 58.0 Å². The quantitative estimate of drug-likeness (QED) is 0.192. The monoisotopic (exact) mass is 792 g/mol. The van der Waals surface area contributed by atoms with E-state index in [1.165, 1.54) is 21.6 Å². The van der Waals surface area contributed by atoms with Crippen LogP contribution in [-0.4, -0.2) is 89.1 Å². The summed E-state index contributed by atoms with van der Waals surface area (Å²) in [5.41, 5.74) is -3.06. The number of halogens is 7. The number of ether oxygens (including phenoxy) is 2. The van der Waals surface area contributed by atoms with Crippen molar-refractivity contribution < 1.29 is 45.4 Å². The molecule has 2 saturated heterocycles. The van der Waals surface area contributed by atoms with Crippen LogP contribution >= 0.6 is 34.3 Å². The van der Waals surface area contributed by atoms with Gasteiger partial charge in [-0.1, -0.05) is 24.9 Å². The summed E-state index contributed by atoms with van der Waals surface area (Å²) >= 11 is 8.34. The van der Waals surface area contributed by atoms with E-state index >= 15 is 4.79 Å². The Labute approximate surface area is 310 Å². The number of fused-ring (bicyclic) bond motifs is 1. The zero-order chi connectivity index (χ0) is 37.3. The van der Waals surface area contributed by atoms with Crippen molar-refractivity contribution in [2.45, 2.75) is 81.9 Å². The second kappa shape index (κ2) is 15.8. The van der Waals surface area contributed by atoms with Crippen molar-refractivity contribution in [3.05, 3.63) is 66.8 Å². The molecule has 0 spiro atoms. The van der Waals surface area contributed by atoms with Gasteiger partial charge in [-0.05, 0) is 62.4 Å². The standard InChI is InChI=1S/C35H39ClF6N4O4S2/c1-2-6-27-33(50-22-19-28(51-21-22)35(40,41)42,10-5-13-46(27)31(47)30-24(34(37,38)39)7-3-11-43-30)32(48)45-14-9-26-23(20-29(36)52-26)25(45)8-4-12-44-15-17-49-18-16-44/h3,7,11,19-21,25,27H,2,4-6,8-10,12-18H2,1H3/t25?,27-,33-/m1/s1. The normalized spacial score (nSPS) is 23.1. The Morgan fingerprint density at radius 2 is 1.83 bits per heavy atom. The second-order valence-electron chi connectivity index (χ2n) is 13.2. The molecule has 0 aliphatic carbocycles. The molecule has 0 radical (unpaired) electrons. The summed E-state index contributed by atoms with van der Waals surface area (Å²) in [4.78, 5) is 38.7. The van der Waals surface area contributed by atoms with E-state index in [2.05, 4.69) is 9.88 Å². The summed E-state index contributed by atoms with van der Waals surface area (Å²) in [5.74, 6) is -1.75. The average molecular weight is 793 g/mol. The van der Waals surface area contributed by atoms with Gasteiger partial charge in [0.15, 0.2) is 0 Å². The Morgan fingerprint density at radius 1 is 1.06 bits per heavy atom. The SMILES string of the molecule is CCC[C@H]1N(C(=O)c2ncccc2C(F)(F)F)CCC[C@]1(Oc1csc(C(F)(F)F)c1)C(=O)N1CCc2sc(Cl)cc2C1CCCN1CCOCC1. The molecule has 0 bridgehead atoms. The number of thiophene rings is 2. The molecule has 0 N–H and O–H groups in total. The minimum atomic E-state index is -4.88. The van der Waals surface area contributed by atoms with Crippen molar-refractivity contribution in [3.63, 3.8) is 0 Å². The van der Waals surface area contributed by atoms with E-state index in [9.17, 15) is 31.1 Å². The van der Waals surface area contributed by atoms with Gasteiger partial charge in [0.05, 0.1) is 35.2 Å². The molecule has 2 amide bonds. The van der Waals surface area contributed by atoms with E-state index in [1.807, 2.05) is 6.07 Å². The second-order valence-corrected chi connectivity index (χ2v) is 15.9. The number of aromatic nitrogens is 1. The van der Waals surface area contributed by atoms with Gasteiger partial charge in [0.2, 0.25) is 5.60 Å². The largest absolute Gasteiger partial charge is 0.474 e. The van der Waals surface area contributed by atoms with E-state index in [-0.39, 0.29) is 38.1 Å². The van der Waals surface area contributed by atoms with Gasteiger partial charge in [-0.2, -0.15) is 26.3 Å². The molecular formula is C35H39ClF6N4O4S2. The molecule has 6 rings (SSSR count). The molecule has 52 heavy (non-hydrogen) atoms. The predicted octanol–water partition coefficient (Wildman–Crippen LogP) is 8.36. The molecule has 3 aromatic rings. The average Bonchev–Trinajstić information content (AvgIpc) is 3.75. The van der Waals surface area contributed by atoms with Crippen molar-refractivity contribution in [3.8, 4) is 5.75 Å². The number of amides is 2. The van der Waals surface area contributed by atoms with Crippen molar-refractivity contribution in [2.24, 2.45) is 0 Å². The molecule has 284 valence electrons. The third-order valence-electron chi connectivity index (χ3n) is 9.96. The van der Waals surface area contributed by atoms with Crippen LogP contribution in [0.25, 0.3) is 0 Å². The molecule has 3 aliphatic heterocycles. The summed E-state index contributed by atoms with van der Waals surface area (Å²) < 4.78 is 96.2. The number of rotatable bonds is 10. The lowest BCUT2D eigenvalue weighted by Gasteiger charge is -2.51. The number of likely N-dealkylation sites (tertiary alicyclic amines) is 1. The fraction of sp³-hybridized carbons (Fsp3) is 0.571. The number of alkyl halides is 6. The Morgan fingerprint density at radius 3 is 2.52 bits per heavy atom. The molecular weight excluding hydrogens is 754 g/mol. The van der Waals surface area contributed by atoms with E-state index in [0.717, 1.165) is 60.9 Å². The van der Waals surface area contributed by atoms with Gasteiger partial charge in [-0.15, -0.1) is 22.7 Å². The molecule has 3 aliphatic rings. The number of hydrogen-bond donors (Lipinski definition) is 0. The van der Waals surface area contributed by atoms with Gasteiger partial charge in [0.25, 0.3) is 11.8 Å². The highest BCUT2D eigenvalue weighted by molar-refractivity contribution is 7.16. The fourth-order valence-electron chi connectivity index (χ4n) is 7.64. The number of morpholine rings is 1. The van der Waals surface area contributed by atoms with Crippen molar-refractivity contribution >= 4 is 46.1 Å². The Hall–Kier alpha value is -2.92. The van der Waals surface area contributed by atoms with Crippen LogP contribution in [0.4, 0.5) is 26.3 Å². The number of nitrogens with zero attached hydrogens (tertiary/aromatic N) is 4. The summed E-state index contributed by atoms with van der Waals surface area (Å²) in [7, 11) is 0. The summed E-state index contributed by atoms with van der Waals surface area (Å²) in [6.45, 7) is 5.67. The van der Waals surface area contributed by atoms with Gasteiger partial charge < -0.3 is 19.3 Å². The molecule has 3 atom stereocenters. The van der Waals surface area contributed by atoms with Gasteiger partial charge >= 0.3 is 12.4 Å². The zero-order valence-electron chi connectivity index (χ0n) is 28.4. The van der Waals surface area contributed by atoms with Crippen LogP contribution in [0.15, 0.2) is 35.8 Å². The van der Waals surface area contributed by atoms with E-state index in [1.54, 1.807) is 11.8 Å². The third-order valence-corrected chi connectivity index (χ3v) is 12.3. The Bertz CT molecular complexity index is 1730.